The summed E-state index contributed by atoms with van der Waals surface area (Å²) in [5.74, 6) is 0.772. The summed E-state index contributed by atoms with van der Waals surface area (Å²) in [5.41, 5.74) is 6.29. The molecule has 0 unspecified atom stereocenters. The first-order valence-corrected chi connectivity index (χ1v) is 6.96. The number of aryl methyl sites for hydroxylation is 1. The number of hydrogen-bond acceptors (Lipinski definition) is 8. The molecule has 2 rings (SSSR count). The molecule has 1 amide bonds. The molecular formula is C12H14N6O2S. The summed E-state index contributed by atoms with van der Waals surface area (Å²) in [6.07, 6.45) is 0.513. The van der Waals surface area contributed by atoms with E-state index in [1.54, 1.807) is 6.92 Å². The van der Waals surface area contributed by atoms with E-state index in [2.05, 4.69) is 20.8 Å². The monoisotopic (exact) mass is 306 g/mol. The van der Waals surface area contributed by atoms with Gasteiger partial charge in [0.1, 0.15) is 21.5 Å². The Balaban J connectivity index is 2.09. The van der Waals surface area contributed by atoms with E-state index in [-0.39, 0.29) is 17.2 Å². The van der Waals surface area contributed by atoms with Gasteiger partial charge in [0.25, 0.3) is 5.91 Å². The van der Waals surface area contributed by atoms with Gasteiger partial charge >= 0.3 is 0 Å². The lowest BCUT2D eigenvalue weighted by Gasteiger charge is -2.01. The smallest absolute Gasteiger partial charge is 0.263 e. The van der Waals surface area contributed by atoms with Crippen molar-refractivity contribution in [3.8, 4) is 6.07 Å². The predicted molar refractivity (Wildman–Crippen MR) is 78.1 cm³/mol. The van der Waals surface area contributed by atoms with E-state index in [1.807, 2.05) is 6.07 Å². The number of aromatic nitrogens is 2. The molecule has 0 bridgehead atoms. The van der Waals surface area contributed by atoms with Crippen LogP contribution in [0.4, 0.5) is 10.7 Å². The molecule has 0 atom stereocenters. The van der Waals surface area contributed by atoms with Crippen LogP contribution in [0.3, 0.4) is 0 Å². The van der Waals surface area contributed by atoms with Crippen molar-refractivity contribution in [2.24, 2.45) is 0 Å². The van der Waals surface area contributed by atoms with Crippen LogP contribution in [0, 0.1) is 18.3 Å². The molecule has 21 heavy (non-hydrogen) atoms. The number of carbonyl (C=O) groups is 1. The second kappa shape index (κ2) is 6.23. The van der Waals surface area contributed by atoms with E-state index < -0.39 is 0 Å². The molecule has 2 heterocycles. The summed E-state index contributed by atoms with van der Waals surface area (Å²) in [4.78, 5) is 16.1. The maximum Gasteiger partial charge on any atom is 0.263 e. The number of amides is 1. The lowest BCUT2D eigenvalue weighted by molar-refractivity contribution is 0.0968. The van der Waals surface area contributed by atoms with Crippen molar-refractivity contribution in [2.75, 3.05) is 24.6 Å². The molecule has 4 N–H and O–H groups in total. The third kappa shape index (κ3) is 3.11. The van der Waals surface area contributed by atoms with Gasteiger partial charge in [-0.1, -0.05) is 5.16 Å². The normalized spacial score (nSPS) is 10.1. The Morgan fingerprint density at radius 3 is 2.90 bits per heavy atom. The zero-order chi connectivity index (χ0) is 15.4. The molecule has 0 aliphatic carbocycles. The van der Waals surface area contributed by atoms with Crippen LogP contribution >= 0.6 is 11.3 Å². The number of anilines is 2. The fourth-order valence-electron chi connectivity index (χ4n) is 1.69. The molecule has 2 aromatic rings. The Kier molecular flexibility index (Phi) is 4.39. The lowest BCUT2D eigenvalue weighted by atomic mass is 10.2. The van der Waals surface area contributed by atoms with Gasteiger partial charge in [0.15, 0.2) is 5.82 Å². The van der Waals surface area contributed by atoms with Crippen molar-refractivity contribution in [1.29, 1.82) is 5.26 Å². The van der Waals surface area contributed by atoms with Crippen LogP contribution in [-0.2, 0) is 6.42 Å². The first-order chi connectivity index (χ1) is 10.1. The third-order valence-corrected chi connectivity index (χ3v) is 3.85. The Hall–Kier alpha value is -2.60. The maximum atomic E-state index is 11.7. The second-order valence-corrected chi connectivity index (χ2v) is 5.17. The van der Waals surface area contributed by atoms with Crippen molar-refractivity contribution in [1.82, 2.24) is 15.5 Å². The maximum absolute atomic E-state index is 11.7. The van der Waals surface area contributed by atoms with Gasteiger partial charge in [0, 0.05) is 20.0 Å². The summed E-state index contributed by atoms with van der Waals surface area (Å²) < 4.78 is 4.99. The van der Waals surface area contributed by atoms with Crippen molar-refractivity contribution in [3.05, 3.63) is 22.2 Å². The molecule has 110 valence electrons. The van der Waals surface area contributed by atoms with E-state index in [1.165, 1.54) is 7.05 Å². The van der Waals surface area contributed by atoms with Crippen LogP contribution in [0.1, 0.15) is 27.0 Å². The highest BCUT2D eigenvalue weighted by atomic mass is 32.1. The van der Waals surface area contributed by atoms with Crippen LogP contribution in [0.15, 0.2) is 4.52 Å². The Labute approximate surface area is 124 Å². The summed E-state index contributed by atoms with van der Waals surface area (Å²) >= 11 is 1.15. The highest BCUT2D eigenvalue weighted by Crippen LogP contribution is 2.34. The molecule has 0 aliphatic rings. The average Bonchev–Trinajstić information content (AvgIpc) is 3.02. The number of rotatable bonds is 5. The van der Waals surface area contributed by atoms with Gasteiger partial charge in [-0.15, -0.1) is 11.3 Å². The van der Waals surface area contributed by atoms with Gasteiger partial charge in [-0.3, -0.25) is 4.79 Å². The highest BCUT2D eigenvalue weighted by Gasteiger charge is 2.20. The molecule has 0 saturated carbocycles. The van der Waals surface area contributed by atoms with Crippen LogP contribution in [0.5, 0.6) is 0 Å². The number of nitrogens with one attached hydrogen (secondary N) is 2. The number of carbonyl (C=O) groups excluding carboxylic acids is 1. The number of nitrogens with zero attached hydrogens (tertiary/aromatic N) is 3. The van der Waals surface area contributed by atoms with Crippen LogP contribution in [0.25, 0.3) is 0 Å². The Bertz CT molecular complexity index is 699. The van der Waals surface area contributed by atoms with Crippen LogP contribution in [0.2, 0.25) is 0 Å². The van der Waals surface area contributed by atoms with Gasteiger partial charge in [-0.05, 0) is 6.92 Å². The summed E-state index contributed by atoms with van der Waals surface area (Å²) in [6.45, 7) is 2.23. The van der Waals surface area contributed by atoms with Crippen molar-refractivity contribution in [3.63, 3.8) is 0 Å². The van der Waals surface area contributed by atoms with Crippen LogP contribution in [-0.4, -0.2) is 29.6 Å². The van der Waals surface area contributed by atoms with Crippen molar-refractivity contribution >= 4 is 27.9 Å². The van der Waals surface area contributed by atoms with E-state index in [0.29, 0.717) is 34.6 Å². The molecule has 2 aromatic heterocycles. The van der Waals surface area contributed by atoms with Gasteiger partial charge in [0.05, 0.1) is 5.69 Å². The van der Waals surface area contributed by atoms with Gasteiger partial charge in [0.2, 0.25) is 5.89 Å². The van der Waals surface area contributed by atoms with Gasteiger partial charge in [-0.2, -0.15) is 10.2 Å². The average molecular weight is 306 g/mol. The fraction of sp³-hybridized carbons (Fsp3) is 0.333. The summed E-state index contributed by atoms with van der Waals surface area (Å²) in [5, 5.41) is 19.0. The topological polar surface area (TPSA) is 130 Å². The highest BCUT2D eigenvalue weighted by molar-refractivity contribution is 7.18. The second-order valence-electron chi connectivity index (χ2n) is 4.15. The Morgan fingerprint density at radius 1 is 1.57 bits per heavy atom. The van der Waals surface area contributed by atoms with Crippen LogP contribution < -0.4 is 16.4 Å². The predicted octanol–water partition coefficient (Wildman–Crippen LogP) is 0.908. The minimum absolute atomic E-state index is 0.193. The SMILES string of the molecule is CNC(=O)c1sc(NCCc2nc(C)no2)c(C#N)c1N. The van der Waals surface area contributed by atoms with E-state index in [0.717, 1.165) is 11.3 Å². The third-order valence-electron chi connectivity index (χ3n) is 2.68. The van der Waals surface area contributed by atoms with E-state index in [4.69, 9.17) is 15.5 Å². The largest absolute Gasteiger partial charge is 0.396 e. The summed E-state index contributed by atoms with van der Waals surface area (Å²) in [6, 6.07) is 2.01. The molecule has 0 saturated heterocycles. The molecule has 0 spiro atoms. The Morgan fingerprint density at radius 2 is 2.33 bits per heavy atom. The lowest BCUT2D eigenvalue weighted by Crippen LogP contribution is -2.17. The van der Waals surface area contributed by atoms with E-state index >= 15 is 0 Å². The number of nitrogens with two attached hydrogens (primary N) is 1. The number of nitriles is 1. The number of thiophene rings is 1. The molecule has 0 aromatic carbocycles. The summed E-state index contributed by atoms with van der Waals surface area (Å²) in [7, 11) is 1.51. The molecular weight excluding hydrogens is 292 g/mol. The minimum atomic E-state index is -0.311. The van der Waals surface area contributed by atoms with Crippen molar-refractivity contribution < 1.29 is 9.32 Å². The zero-order valence-electron chi connectivity index (χ0n) is 11.6. The first kappa shape index (κ1) is 14.8. The van der Waals surface area contributed by atoms with Gasteiger partial charge in [-0.25, -0.2) is 0 Å². The fourth-order valence-corrected chi connectivity index (χ4v) is 2.73. The quantitative estimate of drug-likeness (QED) is 0.748. The van der Waals surface area contributed by atoms with Gasteiger partial charge < -0.3 is 20.9 Å². The number of hydrogen-bond donors (Lipinski definition) is 3. The standard InChI is InChI=1S/C12H14N6O2S/c1-6-17-8(20-18-6)3-4-16-12-7(5-13)9(14)10(21-12)11(19)15-2/h16H,3-4,14H2,1-2H3,(H,15,19). The zero-order valence-corrected chi connectivity index (χ0v) is 12.4. The molecule has 0 radical (unpaired) electrons. The van der Waals surface area contributed by atoms with E-state index in [9.17, 15) is 4.79 Å². The number of nitrogen functional groups attached to an aromatic ring is 1. The minimum Gasteiger partial charge on any atom is -0.396 e. The molecule has 0 fully saturated rings. The molecule has 8 nitrogen and oxygen atoms in total. The molecule has 0 aliphatic heterocycles. The first-order valence-electron chi connectivity index (χ1n) is 6.14. The van der Waals surface area contributed by atoms with Crippen molar-refractivity contribution in [2.45, 2.75) is 13.3 Å². The molecule has 9 heteroatoms.